The van der Waals surface area contributed by atoms with Crippen LogP contribution in [0, 0.1) is 24.6 Å². The van der Waals surface area contributed by atoms with Crippen molar-refractivity contribution in [2.24, 2.45) is 0 Å². The fraction of sp³-hybridized carbons (Fsp3) is 0.0435. The molecule has 0 aliphatic carbocycles. The molecule has 0 atom stereocenters. The number of aryl methyl sites for hydroxylation is 1. The predicted octanol–water partition coefficient (Wildman–Crippen LogP) is 4.35. The molecule has 4 rings (SSSR count). The Labute approximate surface area is 162 Å². The number of hydrogen-bond acceptors (Lipinski definition) is 4. The molecule has 4 nitrogen and oxygen atoms in total. The van der Waals surface area contributed by atoms with Crippen LogP contribution < -0.4 is 0 Å². The fourth-order valence-electron chi connectivity index (χ4n) is 2.54. The molecule has 2 aromatic carbocycles. The van der Waals surface area contributed by atoms with Crippen LogP contribution in [0.3, 0.4) is 0 Å². The van der Waals surface area contributed by atoms with Crippen molar-refractivity contribution >= 4 is 17.7 Å². The molecule has 0 aliphatic rings. The number of fused-ring (bicyclic) bond motifs is 1. The lowest BCUT2D eigenvalue weighted by Gasteiger charge is -2.04. The average Bonchev–Trinajstić information content (AvgIpc) is 2.75. The van der Waals surface area contributed by atoms with E-state index in [9.17, 15) is 4.39 Å². The van der Waals surface area contributed by atoms with Gasteiger partial charge in [-0.15, -0.1) is 0 Å². The van der Waals surface area contributed by atoms with Gasteiger partial charge in [0.15, 0.2) is 5.82 Å². The van der Waals surface area contributed by atoms with Crippen molar-refractivity contribution in [2.75, 3.05) is 0 Å². The van der Waals surface area contributed by atoms with Crippen LogP contribution in [-0.4, -0.2) is 21.7 Å². The van der Waals surface area contributed by atoms with E-state index in [1.807, 2.05) is 50.1 Å². The largest absolute Gasteiger partial charge is 0.307 e. The molecule has 0 saturated heterocycles. The number of hydrogen-bond donors (Lipinski definition) is 0. The third-order valence-electron chi connectivity index (χ3n) is 3.98. The first-order valence-corrected chi connectivity index (χ1v) is 8.45. The molecule has 28 heavy (non-hydrogen) atoms. The van der Waals surface area contributed by atoms with Gasteiger partial charge >= 0.3 is 0 Å². The summed E-state index contributed by atoms with van der Waals surface area (Å²) >= 11 is 0. The molecule has 0 aliphatic heterocycles. The van der Waals surface area contributed by atoms with Crippen molar-refractivity contribution in [1.29, 1.82) is 0 Å². The quantitative estimate of drug-likeness (QED) is 0.468. The first kappa shape index (κ1) is 18.9. The van der Waals surface area contributed by atoms with Crippen molar-refractivity contribution in [2.45, 2.75) is 6.92 Å². The summed E-state index contributed by atoms with van der Waals surface area (Å²) in [5.74, 6) is 6.36. The second-order valence-corrected chi connectivity index (χ2v) is 5.87. The molecule has 0 saturated carbocycles. The third-order valence-corrected chi connectivity index (χ3v) is 3.98. The lowest BCUT2D eigenvalue weighted by atomic mass is 10.1. The van der Waals surface area contributed by atoms with Gasteiger partial charge in [-0.3, -0.25) is 0 Å². The minimum absolute atomic E-state index is 0.277. The van der Waals surface area contributed by atoms with Crippen molar-refractivity contribution in [1.82, 2.24) is 15.0 Å². The summed E-state index contributed by atoms with van der Waals surface area (Å²) in [7, 11) is 0. The summed E-state index contributed by atoms with van der Waals surface area (Å²) in [6.45, 7) is 3.95. The summed E-state index contributed by atoms with van der Waals surface area (Å²) in [4.78, 5) is 21.6. The topological polar surface area (TPSA) is 55.7 Å². The Kier molecular flexibility index (Phi) is 5.83. The molecule has 2 heterocycles. The Morgan fingerprint density at radius 2 is 1.64 bits per heavy atom. The number of benzene rings is 2. The minimum atomic E-state index is -0.277. The molecule has 5 heteroatoms. The average molecular weight is 369 g/mol. The molecule has 0 N–H and O–H groups in total. The number of rotatable bonds is 1. The van der Waals surface area contributed by atoms with Gasteiger partial charge < -0.3 is 4.79 Å². The SMILES string of the molecule is C=O.Cc1ccc(-c2ncc3ccccc3n2)nc1C#Cc1ccc(F)cc1. The van der Waals surface area contributed by atoms with Gasteiger partial charge in [-0.1, -0.05) is 30.2 Å². The van der Waals surface area contributed by atoms with Crippen molar-refractivity contribution in [3.05, 3.63) is 89.5 Å². The Bertz CT molecular complexity index is 1180. The van der Waals surface area contributed by atoms with Gasteiger partial charge in [0.05, 0.1) is 5.52 Å². The van der Waals surface area contributed by atoms with Crippen LogP contribution in [0.4, 0.5) is 4.39 Å². The van der Waals surface area contributed by atoms with Crippen LogP contribution in [0.25, 0.3) is 22.4 Å². The van der Waals surface area contributed by atoms with Gasteiger partial charge in [0.2, 0.25) is 0 Å². The van der Waals surface area contributed by atoms with E-state index >= 15 is 0 Å². The Balaban J connectivity index is 0.00000109. The zero-order chi connectivity index (χ0) is 19.9. The highest BCUT2D eigenvalue weighted by Crippen LogP contribution is 2.18. The molecule has 4 aromatic rings. The van der Waals surface area contributed by atoms with Crippen LogP contribution in [0.1, 0.15) is 16.8 Å². The van der Waals surface area contributed by atoms with E-state index in [0.717, 1.165) is 22.0 Å². The molecule has 0 spiro atoms. The van der Waals surface area contributed by atoms with Gasteiger partial charge in [0.1, 0.15) is 24.0 Å². The van der Waals surface area contributed by atoms with E-state index in [2.05, 4.69) is 26.8 Å². The maximum Gasteiger partial charge on any atom is 0.178 e. The maximum absolute atomic E-state index is 13.0. The molecule has 0 fully saturated rings. The first-order valence-electron chi connectivity index (χ1n) is 8.45. The van der Waals surface area contributed by atoms with Crippen LogP contribution in [0.15, 0.2) is 66.9 Å². The number of carbonyl (C=O) groups excluding carboxylic acids is 1. The van der Waals surface area contributed by atoms with E-state index in [0.29, 0.717) is 17.2 Å². The van der Waals surface area contributed by atoms with Crippen LogP contribution in [0.5, 0.6) is 0 Å². The smallest absolute Gasteiger partial charge is 0.178 e. The highest BCUT2D eigenvalue weighted by atomic mass is 19.1. The van der Waals surface area contributed by atoms with E-state index < -0.39 is 0 Å². The molecule has 0 amide bonds. The van der Waals surface area contributed by atoms with Gasteiger partial charge in [-0.2, -0.15) is 0 Å². The molecule has 0 unspecified atom stereocenters. The van der Waals surface area contributed by atoms with Crippen molar-refractivity contribution < 1.29 is 9.18 Å². The second kappa shape index (κ2) is 8.65. The minimum Gasteiger partial charge on any atom is -0.307 e. The van der Waals surface area contributed by atoms with Crippen molar-refractivity contribution in [3.63, 3.8) is 0 Å². The lowest BCUT2D eigenvalue weighted by Crippen LogP contribution is -1.96. The fourth-order valence-corrected chi connectivity index (χ4v) is 2.54. The summed E-state index contributed by atoms with van der Waals surface area (Å²) in [6.07, 6.45) is 1.79. The second-order valence-electron chi connectivity index (χ2n) is 5.87. The number of halogens is 1. The van der Waals surface area contributed by atoms with Crippen LogP contribution in [0.2, 0.25) is 0 Å². The van der Waals surface area contributed by atoms with Gasteiger partial charge in [-0.05, 0) is 54.8 Å². The summed E-state index contributed by atoms with van der Waals surface area (Å²) in [5.41, 5.74) is 3.90. The maximum atomic E-state index is 13.0. The van der Waals surface area contributed by atoms with Crippen LogP contribution in [-0.2, 0) is 4.79 Å². The highest BCUT2D eigenvalue weighted by Gasteiger charge is 2.07. The Morgan fingerprint density at radius 3 is 2.43 bits per heavy atom. The van der Waals surface area contributed by atoms with Crippen molar-refractivity contribution in [3.8, 4) is 23.4 Å². The van der Waals surface area contributed by atoms with E-state index in [1.54, 1.807) is 18.3 Å². The van der Waals surface area contributed by atoms with Crippen LogP contribution >= 0.6 is 0 Å². The highest BCUT2D eigenvalue weighted by molar-refractivity contribution is 5.79. The molecule has 136 valence electrons. The standard InChI is InChI=1S/C22H14FN3.CH2O/c1-15-6-12-21(22-24-14-17-4-2-3-5-20(17)26-22)25-19(15)13-9-16-7-10-18(23)11-8-16;1-2/h2-8,10-12,14H,1H3;1H2. The van der Waals surface area contributed by atoms with E-state index in [1.165, 1.54) is 12.1 Å². The van der Waals surface area contributed by atoms with Gasteiger partial charge in [-0.25, -0.2) is 19.3 Å². The third kappa shape index (κ3) is 4.25. The molecule has 2 aromatic heterocycles. The zero-order valence-electron chi connectivity index (χ0n) is 15.2. The number of nitrogens with zero attached hydrogens (tertiary/aromatic N) is 3. The Morgan fingerprint density at radius 1 is 0.893 bits per heavy atom. The monoisotopic (exact) mass is 369 g/mol. The molecular formula is C23H16FN3O. The number of pyridine rings is 1. The van der Waals surface area contributed by atoms with E-state index in [-0.39, 0.29) is 5.82 Å². The predicted molar refractivity (Wildman–Crippen MR) is 107 cm³/mol. The van der Waals surface area contributed by atoms with Gasteiger partial charge in [0, 0.05) is 17.1 Å². The summed E-state index contributed by atoms with van der Waals surface area (Å²) < 4.78 is 13.0. The Hall–Kier alpha value is -3.91. The van der Waals surface area contributed by atoms with Gasteiger partial charge in [0.25, 0.3) is 0 Å². The molecular weight excluding hydrogens is 353 g/mol. The summed E-state index contributed by atoms with van der Waals surface area (Å²) in [5, 5.41) is 0.986. The zero-order valence-corrected chi connectivity index (χ0v) is 15.2. The first-order chi connectivity index (χ1) is 13.7. The summed E-state index contributed by atoms with van der Waals surface area (Å²) in [6, 6.07) is 17.7. The number of aromatic nitrogens is 3. The van der Waals surface area contributed by atoms with E-state index in [4.69, 9.17) is 4.79 Å². The normalized spacial score (nSPS) is 9.79. The number of carbonyl (C=O) groups is 1. The number of para-hydroxylation sites is 1. The molecule has 0 bridgehead atoms. The molecule has 0 radical (unpaired) electrons. The lowest BCUT2D eigenvalue weighted by molar-refractivity contribution is -0.0979.